The zero-order valence-electron chi connectivity index (χ0n) is 11.3. The van der Waals surface area contributed by atoms with Gasteiger partial charge in [0.15, 0.2) is 11.5 Å². The van der Waals surface area contributed by atoms with Crippen LogP contribution in [0.3, 0.4) is 0 Å². The molecule has 2 rings (SSSR count). The topological polar surface area (TPSA) is 68.7 Å². The quantitative estimate of drug-likeness (QED) is 0.885. The van der Waals surface area contributed by atoms with Crippen LogP contribution in [0.15, 0.2) is 24.4 Å². The molecule has 5 nitrogen and oxygen atoms in total. The number of carboxylic acids is 1. The number of thiazole rings is 1. The fraction of sp³-hybridized carbons (Fsp3) is 0.286. The Morgan fingerprint density at radius 1 is 1.40 bits per heavy atom. The number of ether oxygens (including phenoxy) is 2. The molecule has 0 fully saturated rings. The lowest BCUT2D eigenvalue weighted by molar-refractivity contribution is 0.0702. The van der Waals surface area contributed by atoms with Crippen molar-refractivity contribution in [3.63, 3.8) is 0 Å². The van der Waals surface area contributed by atoms with Gasteiger partial charge in [0.05, 0.1) is 19.9 Å². The number of hydrogen-bond donors (Lipinski definition) is 1. The van der Waals surface area contributed by atoms with Gasteiger partial charge in [0.1, 0.15) is 9.88 Å². The van der Waals surface area contributed by atoms with Gasteiger partial charge in [-0.25, -0.2) is 9.78 Å². The molecule has 0 saturated heterocycles. The van der Waals surface area contributed by atoms with Gasteiger partial charge in [-0.2, -0.15) is 0 Å². The molecule has 1 heterocycles. The number of methoxy groups -OCH3 is 1. The Labute approximate surface area is 120 Å². The number of hydrogen-bond acceptors (Lipinski definition) is 5. The van der Waals surface area contributed by atoms with Gasteiger partial charge in [0.25, 0.3) is 0 Å². The van der Waals surface area contributed by atoms with Crippen LogP contribution in [0.2, 0.25) is 0 Å². The predicted molar refractivity (Wildman–Crippen MR) is 76.8 cm³/mol. The molecule has 106 valence electrons. The average Bonchev–Trinajstić information content (AvgIpc) is 2.95. The van der Waals surface area contributed by atoms with E-state index in [0.717, 1.165) is 23.3 Å². The van der Waals surface area contributed by atoms with E-state index in [-0.39, 0.29) is 4.88 Å². The van der Waals surface area contributed by atoms with Crippen molar-refractivity contribution in [2.75, 3.05) is 13.7 Å². The molecule has 0 bridgehead atoms. The van der Waals surface area contributed by atoms with E-state index >= 15 is 0 Å². The molecule has 0 spiro atoms. The first-order chi connectivity index (χ1) is 9.65. The van der Waals surface area contributed by atoms with Crippen LogP contribution in [-0.2, 0) is 0 Å². The Kier molecular flexibility index (Phi) is 4.57. The third-order valence-corrected chi connectivity index (χ3v) is 3.62. The van der Waals surface area contributed by atoms with Gasteiger partial charge in [-0.15, -0.1) is 11.3 Å². The predicted octanol–water partition coefficient (Wildman–Crippen LogP) is 3.31. The summed E-state index contributed by atoms with van der Waals surface area (Å²) in [7, 11) is 1.57. The summed E-state index contributed by atoms with van der Waals surface area (Å²) in [5, 5.41) is 9.55. The summed E-state index contributed by atoms with van der Waals surface area (Å²) in [6, 6.07) is 5.46. The Balaban J connectivity index is 2.30. The summed E-state index contributed by atoms with van der Waals surface area (Å²) >= 11 is 1.13. The molecule has 0 radical (unpaired) electrons. The summed E-state index contributed by atoms with van der Waals surface area (Å²) in [4.78, 5) is 15.2. The Morgan fingerprint density at radius 2 is 2.20 bits per heavy atom. The lowest BCUT2D eigenvalue weighted by Crippen LogP contribution is -1.97. The van der Waals surface area contributed by atoms with Crippen molar-refractivity contribution >= 4 is 17.3 Å². The number of aromatic nitrogens is 1. The van der Waals surface area contributed by atoms with Crippen LogP contribution in [0.25, 0.3) is 10.6 Å². The summed E-state index contributed by atoms with van der Waals surface area (Å²) < 4.78 is 10.9. The van der Waals surface area contributed by atoms with Gasteiger partial charge in [-0.05, 0) is 24.6 Å². The van der Waals surface area contributed by atoms with Crippen molar-refractivity contribution < 1.29 is 19.4 Å². The molecule has 1 N–H and O–H groups in total. The van der Waals surface area contributed by atoms with Crippen LogP contribution in [0.4, 0.5) is 0 Å². The molecule has 1 aromatic heterocycles. The van der Waals surface area contributed by atoms with Crippen molar-refractivity contribution in [3.8, 4) is 22.1 Å². The zero-order valence-corrected chi connectivity index (χ0v) is 12.1. The molecule has 0 aliphatic rings. The van der Waals surface area contributed by atoms with E-state index in [1.807, 2.05) is 19.1 Å². The van der Waals surface area contributed by atoms with Crippen molar-refractivity contribution in [2.45, 2.75) is 13.3 Å². The van der Waals surface area contributed by atoms with Crippen LogP contribution in [0.5, 0.6) is 11.5 Å². The van der Waals surface area contributed by atoms with Crippen LogP contribution >= 0.6 is 11.3 Å². The maximum absolute atomic E-state index is 10.9. The highest BCUT2D eigenvalue weighted by Gasteiger charge is 2.12. The molecule has 0 amide bonds. The monoisotopic (exact) mass is 293 g/mol. The highest BCUT2D eigenvalue weighted by Crippen LogP contribution is 2.34. The number of nitrogens with zero attached hydrogens (tertiary/aromatic N) is 1. The fourth-order valence-corrected chi connectivity index (χ4v) is 2.39. The summed E-state index contributed by atoms with van der Waals surface area (Å²) in [6.07, 6.45) is 2.27. The molecule has 2 aromatic rings. The molecule has 0 saturated carbocycles. The minimum atomic E-state index is -0.969. The molecular weight excluding hydrogens is 278 g/mol. The lowest BCUT2D eigenvalue weighted by atomic mass is 10.2. The zero-order chi connectivity index (χ0) is 14.5. The van der Waals surface area contributed by atoms with Crippen molar-refractivity contribution in [1.82, 2.24) is 4.98 Å². The van der Waals surface area contributed by atoms with Gasteiger partial charge in [0, 0.05) is 5.56 Å². The summed E-state index contributed by atoms with van der Waals surface area (Å²) in [6.45, 7) is 2.65. The minimum Gasteiger partial charge on any atom is -0.493 e. The third-order valence-electron chi connectivity index (χ3n) is 2.59. The SMILES string of the molecule is CCCOc1ccc(-c2ncc(C(=O)O)s2)cc1OC. The van der Waals surface area contributed by atoms with E-state index in [0.29, 0.717) is 23.1 Å². The highest BCUT2D eigenvalue weighted by molar-refractivity contribution is 7.16. The number of carbonyl (C=O) groups is 1. The number of rotatable bonds is 6. The third kappa shape index (κ3) is 3.08. The summed E-state index contributed by atoms with van der Waals surface area (Å²) in [5.41, 5.74) is 0.809. The summed E-state index contributed by atoms with van der Waals surface area (Å²) in [5.74, 6) is 0.319. The van der Waals surface area contributed by atoms with Crippen LogP contribution < -0.4 is 9.47 Å². The maximum atomic E-state index is 10.9. The van der Waals surface area contributed by atoms with Crippen molar-refractivity contribution in [3.05, 3.63) is 29.3 Å². The van der Waals surface area contributed by atoms with Gasteiger partial charge in [0.2, 0.25) is 0 Å². The molecule has 1 aromatic carbocycles. The van der Waals surface area contributed by atoms with E-state index in [4.69, 9.17) is 14.6 Å². The van der Waals surface area contributed by atoms with Crippen molar-refractivity contribution in [1.29, 1.82) is 0 Å². The number of aromatic carboxylic acids is 1. The lowest BCUT2D eigenvalue weighted by Gasteiger charge is -2.10. The van der Waals surface area contributed by atoms with E-state index in [2.05, 4.69) is 4.98 Å². The first kappa shape index (κ1) is 14.3. The highest BCUT2D eigenvalue weighted by atomic mass is 32.1. The van der Waals surface area contributed by atoms with E-state index in [1.54, 1.807) is 13.2 Å². The van der Waals surface area contributed by atoms with Crippen LogP contribution in [-0.4, -0.2) is 29.8 Å². The molecular formula is C14H15NO4S. The van der Waals surface area contributed by atoms with Crippen LogP contribution in [0.1, 0.15) is 23.0 Å². The second kappa shape index (κ2) is 6.38. The first-order valence-corrected chi connectivity index (χ1v) is 6.97. The molecule has 0 aliphatic heterocycles. The second-order valence-corrected chi connectivity index (χ2v) is 5.08. The fourth-order valence-electron chi connectivity index (χ4n) is 1.64. The largest absolute Gasteiger partial charge is 0.493 e. The molecule has 20 heavy (non-hydrogen) atoms. The second-order valence-electron chi connectivity index (χ2n) is 4.05. The smallest absolute Gasteiger partial charge is 0.347 e. The molecule has 6 heteroatoms. The number of carboxylic acid groups (broad SMARTS) is 1. The van der Waals surface area contributed by atoms with Gasteiger partial charge in [-0.1, -0.05) is 6.92 Å². The van der Waals surface area contributed by atoms with E-state index < -0.39 is 5.97 Å². The standard InChI is InChI=1S/C14H15NO4S/c1-3-6-19-10-5-4-9(7-11(10)18-2)13-15-8-12(20-13)14(16)17/h4-5,7-8H,3,6H2,1-2H3,(H,16,17). The minimum absolute atomic E-state index is 0.213. The Hall–Kier alpha value is -2.08. The molecule has 0 atom stereocenters. The van der Waals surface area contributed by atoms with E-state index in [9.17, 15) is 4.79 Å². The van der Waals surface area contributed by atoms with Crippen LogP contribution in [0, 0.1) is 0 Å². The normalized spacial score (nSPS) is 10.3. The van der Waals surface area contributed by atoms with E-state index in [1.165, 1.54) is 6.20 Å². The Morgan fingerprint density at radius 3 is 2.80 bits per heavy atom. The Bertz CT molecular complexity index is 609. The average molecular weight is 293 g/mol. The molecule has 0 aliphatic carbocycles. The van der Waals surface area contributed by atoms with Gasteiger partial charge < -0.3 is 14.6 Å². The molecule has 0 unspecified atom stereocenters. The first-order valence-electron chi connectivity index (χ1n) is 6.16. The van der Waals surface area contributed by atoms with Crippen molar-refractivity contribution in [2.24, 2.45) is 0 Å². The van der Waals surface area contributed by atoms with Gasteiger partial charge in [-0.3, -0.25) is 0 Å². The maximum Gasteiger partial charge on any atom is 0.347 e. The van der Waals surface area contributed by atoms with Gasteiger partial charge >= 0.3 is 5.97 Å². The number of benzene rings is 1.